The van der Waals surface area contributed by atoms with E-state index in [0.29, 0.717) is 0 Å². The molecule has 8 aromatic carbocycles. The summed E-state index contributed by atoms with van der Waals surface area (Å²) in [6.45, 7) is 0. The standard InChI is InChI=1S/C51H30N2OS/c1-2-15-31(16-3-1)32-19-12-21-34-33(32)20-13-22-35(34)50-52-47-37-18-5-11-30-45(37)55-49(47)48(53-50)38-23-14-27-42-46(38)36-17-4-6-24-39(36)51(42)40-25-7-9-28-43(40)54-44-29-10-8-26-41(44)51/h1-30H. The van der Waals surface area contributed by atoms with Crippen LogP contribution in [-0.2, 0) is 5.41 Å². The normalized spacial score (nSPS) is 13.4. The zero-order chi connectivity index (χ0) is 36.1. The number of ether oxygens (including phenoxy) is 1. The first-order chi connectivity index (χ1) is 27.3. The Morgan fingerprint density at radius 1 is 0.418 bits per heavy atom. The molecule has 55 heavy (non-hydrogen) atoms. The molecule has 0 atom stereocenters. The van der Waals surface area contributed by atoms with Crippen LogP contribution >= 0.6 is 11.3 Å². The predicted octanol–water partition coefficient (Wildman–Crippen LogP) is 13.5. The summed E-state index contributed by atoms with van der Waals surface area (Å²) < 4.78 is 8.91. The lowest BCUT2D eigenvalue weighted by Crippen LogP contribution is -2.32. The van der Waals surface area contributed by atoms with E-state index in [0.717, 1.165) is 66.3 Å². The van der Waals surface area contributed by atoms with Gasteiger partial charge in [-0.2, -0.15) is 0 Å². The molecule has 12 rings (SSSR count). The van der Waals surface area contributed by atoms with Crippen LogP contribution in [0.3, 0.4) is 0 Å². The van der Waals surface area contributed by atoms with Gasteiger partial charge >= 0.3 is 0 Å². The van der Waals surface area contributed by atoms with Gasteiger partial charge in [0.15, 0.2) is 5.82 Å². The van der Waals surface area contributed by atoms with Gasteiger partial charge < -0.3 is 4.74 Å². The molecule has 0 radical (unpaired) electrons. The quantitative estimate of drug-likeness (QED) is 0.182. The van der Waals surface area contributed by atoms with Gasteiger partial charge in [-0.15, -0.1) is 11.3 Å². The molecule has 0 amide bonds. The van der Waals surface area contributed by atoms with Gasteiger partial charge in [-0.3, -0.25) is 0 Å². The van der Waals surface area contributed by atoms with Crippen molar-refractivity contribution in [2.45, 2.75) is 5.41 Å². The van der Waals surface area contributed by atoms with Crippen molar-refractivity contribution < 1.29 is 4.74 Å². The molecular formula is C51H30N2OS. The monoisotopic (exact) mass is 718 g/mol. The van der Waals surface area contributed by atoms with Gasteiger partial charge in [0, 0.05) is 32.3 Å². The number of benzene rings is 8. The summed E-state index contributed by atoms with van der Waals surface area (Å²) in [5.74, 6) is 2.50. The number of nitrogens with zero attached hydrogens (tertiary/aromatic N) is 2. The van der Waals surface area contributed by atoms with Gasteiger partial charge in [0.2, 0.25) is 0 Å². The van der Waals surface area contributed by atoms with Gasteiger partial charge in [0.05, 0.1) is 21.3 Å². The highest BCUT2D eigenvalue weighted by molar-refractivity contribution is 7.26. The summed E-state index contributed by atoms with van der Waals surface area (Å²) in [6, 6.07) is 65.1. The molecule has 0 saturated heterocycles. The minimum Gasteiger partial charge on any atom is -0.457 e. The first kappa shape index (κ1) is 30.6. The first-order valence-electron chi connectivity index (χ1n) is 18.7. The Bertz CT molecular complexity index is 3150. The molecule has 3 nitrogen and oxygen atoms in total. The van der Waals surface area contributed by atoms with Crippen LogP contribution in [0.4, 0.5) is 0 Å². The molecule has 2 aromatic heterocycles. The van der Waals surface area contributed by atoms with E-state index in [1.54, 1.807) is 11.3 Å². The second-order valence-corrected chi connectivity index (χ2v) is 15.4. The molecule has 1 aliphatic heterocycles. The third-order valence-electron chi connectivity index (χ3n) is 11.6. The Balaban J connectivity index is 1.18. The van der Waals surface area contributed by atoms with E-state index in [1.807, 2.05) is 0 Å². The highest BCUT2D eigenvalue weighted by Crippen LogP contribution is 2.63. The Kier molecular flexibility index (Phi) is 6.42. The summed E-state index contributed by atoms with van der Waals surface area (Å²) in [6.07, 6.45) is 0. The molecular weight excluding hydrogens is 689 g/mol. The Morgan fingerprint density at radius 2 is 0.982 bits per heavy atom. The Morgan fingerprint density at radius 3 is 1.78 bits per heavy atom. The maximum absolute atomic E-state index is 6.62. The van der Waals surface area contributed by atoms with Crippen molar-refractivity contribution in [1.82, 2.24) is 9.97 Å². The fourth-order valence-corrected chi connectivity index (χ4v) is 10.5. The van der Waals surface area contributed by atoms with Crippen molar-refractivity contribution >= 4 is 42.4 Å². The average molecular weight is 719 g/mol. The smallest absolute Gasteiger partial charge is 0.161 e. The molecule has 4 heteroatoms. The predicted molar refractivity (Wildman–Crippen MR) is 226 cm³/mol. The zero-order valence-corrected chi connectivity index (χ0v) is 30.3. The molecule has 1 aliphatic carbocycles. The topological polar surface area (TPSA) is 35.0 Å². The fourth-order valence-electron chi connectivity index (χ4n) is 9.37. The lowest BCUT2D eigenvalue weighted by molar-refractivity contribution is 0.436. The van der Waals surface area contributed by atoms with Crippen LogP contribution in [0.2, 0.25) is 0 Å². The lowest BCUT2D eigenvalue weighted by atomic mass is 9.66. The zero-order valence-electron chi connectivity index (χ0n) is 29.5. The number of para-hydroxylation sites is 2. The number of hydrogen-bond donors (Lipinski definition) is 0. The molecule has 10 aromatic rings. The molecule has 1 spiro atoms. The lowest BCUT2D eigenvalue weighted by Gasteiger charge is -2.39. The molecule has 2 aliphatic rings. The van der Waals surface area contributed by atoms with E-state index in [4.69, 9.17) is 14.7 Å². The van der Waals surface area contributed by atoms with E-state index >= 15 is 0 Å². The minimum atomic E-state index is -0.564. The van der Waals surface area contributed by atoms with Crippen molar-refractivity contribution in [3.8, 4) is 56.4 Å². The van der Waals surface area contributed by atoms with Crippen LogP contribution in [-0.4, -0.2) is 9.97 Å². The number of thiophene rings is 1. The Hall–Kier alpha value is -6.88. The third kappa shape index (κ3) is 4.20. The van der Waals surface area contributed by atoms with Crippen LogP contribution in [0.15, 0.2) is 182 Å². The van der Waals surface area contributed by atoms with Crippen molar-refractivity contribution in [2.24, 2.45) is 0 Å². The second-order valence-electron chi connectivity index (χ2n) is 14.4. The first-order valence-corrected chi connectivity index (χ1v) is 19.5. The molecule has 0 saturated carbocycles. The number of fused-ring (bicyclic) bond motifs is 13. The van der Waals surface area contributed by atoms with E-state index in [-0.39, 0.29) is 0 Å². The highest BCUT2D eigenvalue weighted by atomic mass is 32.1. The van der Waals surface area contributed by atoms with E-state index in [2.05, 4.69) is 182 Å². The third-order valence-corrected chi connectivity index (χ3v) is 12.8. The van der Waals surface area contributed by atoms with E-state index < -0.39 is 5.41 Å². The fraction of sp³-hybridized carbons (Fsp3) is 0.0196. The molecule has 3 heterocycles. The van der Waals surface area contributed by atoms with Crippen molar-refractivity contribution in [2.75, 3.05) is 0 Å². The Labute approximate surface area is 321 Å². The van der Waals surface area contributed by atoms with Crippen molar-refractivity contribution in [1.29, 1.82) is 0 Å². The summed E-state index contributed by atoms with van der Waals surface area (Å²) >= 11 is 1.78. The van der Waals surface area contributed by atoms with Gasteiger partial charge in [0.25, 0.3) is 0 Å². The van der Waals surface area contributed by atoms with E-state index in [9.17, 15) is 0 Å². The molecule has 256 valence electrons. The molecule has 0 fully saturated rings. The summed E-state index contributed by atoms with van der Waals surface area (Å²) in [5, 5.41) is 3.46. The van der Waals surface area contributed by atoms with Crippen LogP contribution in [0.25, 0.3) is 76.0 Å². The van der Waals surface area contributed by atoms with Crippen LogP contribution in [0.1, 0.15) is 22.3 Å². The SMILES string of the molecule is c1ccc(-c2cccc3c(-c4nc(-c5cccc6c5-c5ccccc5C65c6ccccc6Oc6ccccc65)c5sc6ccccc6c5n4)cccc23)cc1. The van der Waals surface area contributed by atoms with Gasteiger partial charge in [-0.25, -0.2) is 9.97 Å². The van der Waals surface area contributed by atoms with Gasteiger partial charge in [0.1, 0.15) is 11.5 Å². The average Bonchev–Trinajstić information content (AvgIpc) is 3.77. The maximum atomic E-state index is 6.62. The van der Waals surface area contributed by atoms with Crippen molar-refractivity contribution in [3.63, 3.8) is 0 Å². The summed E-state index contributed by atoms with van der Waals surface area (Å²) in [7, 11) is 0. The molecule has 0 unspecified atom stereocenters. The largest absolute Gasteiger partial charge is 0.457 e. The highest BCUT2D eigenvalue weighted by Gasteiger charge is 2.51. The summed E-state index contributed by atoms with van der Waals surface area (Å²) in [5.41, 5.74) is 13.1. The maximum Gasteiger partial charge on any atom is 0.161 e. The molecule has 0 N–H and O–H groups in total. The van der Waals surface area contributed by atoms with Crippen LogP contribution in [0.5, 0.6) is 11.5 Å². The number of hydrogen-bond acceptors (Lipinski definition) is 4. The summed E-state index contributed by atoms with van der Waals surface area (Å²) in [4.78, 5) is 11.1. The second kappa shape index (κ2) is 11.6. The van der Waals surface area contributed by atoms with Gasteiger partial charge in [-0.1, -0.05) is 164 Å². The number of rotatable bonds is 3. The van der Waals surface area contributed by atoms with Gasteiger partial charge in [-0.05, 0) is 62.4 Å². The van der Waals surface area contributed by atoms with Crippen LogP contribution in [0, 0.1) is 0 Å². The minimum absolute atomic E-state index is 0.564. The molecule has 0 bridgehead atoms. The van der Waals surface area contributed by atoms with E-state index in [1.165, 1.54) is 43.5 Å². The van der Waals surface area contributed by atoms with Crippen LogP contribution < -0.4 is 4.74 Å². The van der Waals surface area contributed by atoms with Crippen molar-refractivity contribution in [3.05, 3.63) is 204 Å². The number of aromatic nitrogens is 2.